The second kappa shape index (κ2) is 7.89. The maximum absolute atomic E-state index is 13.2. The number of nitrogens with zero attached hydrogens (tertiary/aromatic N) is 2. The topological polar surface area (TPSA) is 68.3 Å². The van der Waals surface area contributed by atoms with Gasteiger partial charge in [0.1, 0.15) is 5.60 Å². The molecule has 28 heavy (non-hydrogen) atoms. The van der Waals surface area contributed by atoms with Gasteiger partial charge in [0.05, 0.1) is 5.92 Å². The molecule has 0 spiro atoms. The van der Waals surface area contributed by atoms with Crippen molar-refractivity contribution < 1.29 is 23.8 Å². The monoisotopic (exact) mass is 390 g/mol. The van der Waals surface area contributed by atoms with Gasteiger partial charge < -0.3 is 24.0 Å². The maximum atomic E-state index is 13.2. The highest BCUT2D eigenvalue weighted by Gasteiger charge is 2.41. The Kier molecular flexibility index (Phi) is 5.72. The summed E-state index contributed by atoms with van der Waals surface area (Å²) in [5.41, 5.74) is 0.447. The molecule has 0 aliphatic carbocycles. The fraction of sp³-hybridized carbons (Fsp3) is 0.619. The van der Waals surface area contributed by atoms with Crippen LogP contribution < -0.4 is 9.47 Å². The maximum Gasteiger partial charge on any atom is 0.410 e. The van der Waals surface area contributed by atoms with Crippen molar-refractivity contribution in [3.05, 3.63) is 23.8 Å². The molecule has 1 aromatic carbocycles. The van der Waals surface area contributed by atoms with Crippen LogP contribution in [0.25, 0.3) is 0 Å². The average Bonchev–Trinajstić information content (AvgIpc) is 3.23. The largest absolute Gasteiger partial charge is 0.454 e. The first-order valence-corrected chi connectivity index (χ1v) is 9.86. The van der Waals surface area contributed by atoms with Gasteiger partial charge in [-0.1, -0.05) is 6.07 Å². The summed E-state index contributed by atoms with van der Waals surface area (Å²) in [5, 5.41) is 0. The first-order chi connectivity index (χ1) is 13.2. The number of carbonyl (C=O) groups is 2. The molecule has 2 atom stereocenters. The van der Waals surface area contributed by atoms with Gasteiger partial charge in [0, 0.05) is 25.7 Å². The van der Waals surface area contributed by atoms with Gasteiger partial charge in [0.15, 0.2) is 11.5 Å². The summed E-state index contributed by atoms with van der Waals surface area (Å²) in [6.45, 7) is 11.3. The highest BCUT2D eigenvalue weighted by molar-refractivity contribution is 5.81. The smallest absolute Gasteiger partial charge is 0.410 e. The number of rotatable bonds is 4. The predicted molar refractivity (Wildman–Crippen MR) is 104 cm³/mol. The van der Waals surface area contributed by atoms with E-state index in [1.165, 1.54) is 0 Å². The lowest BCUT2D eigenvalue weighted by atomic mass is 9.99. The summed E-state index contributed by atoms with van der Waals surface area (Å²) in [4.78, 5) is 29.1. The van der Waals surface area contributed by atoms with E-state index >= 15 is 0 Å². The minimum Gasteiger partial charge on any atom is -0.454 e. The van der Waals surface area contributed by atoms with Crippen molar-refractivity contribution in [3.63, 3.8) is 0 Å². The zero-order valence-corrected chi connectivity index (χ0v) is 17.4. The Morgan fingerprint density at radius 3 is 2.64 bits per heavy atom. The molecule has 3 rings (SSSR count). The number of ether oxygens (including phenoxy) is 3. The van der Waals surface area contributed by atoms with E-state index in [1.54, 1.807) is 4.90 Å². The quantitative estimate of drug-likeness (QED) is 0.788. The zero-order valence-electron chi connectivity index (χ0n) is 17.4. The van der Waals surface area contributed by atoms with Crippen molar-refractivity contribution in [1.29, 1.82) is 0 Å². The van der Waals surface area contributed by atoms with Crippen molar-refractivity contribution in [1.82, 2.24) is 9.80 Å². The second-order valence-electron chi connectivity index (χ2n) is 8.35. The van der Waals surface area contributed by atoms with Crippen LogP contribution in [0.3, 0.4) is 0 Å². The minimum atomic E-state index is -0.548. The first kappa shape index (κ1) is 20.3. The lowest BCUT2D eigenvalue weighted by Gasteiger charge is -2.30. The molecule has 2 aliphatic heterocycles. The van der Waals surface area contributed by atoms with Gasteiger partial charge in [0.25, 0.3) is 0 Å². The minimum absolute atomic E-state index is 0.0683. The molecule has 0 unspecified atom stereocenters. The number of carbonyl (C=O) groups excluding carboxylic acids is 2. The molecular formula is C21H30N2O5. The van der Waals surface area contributed by atoms with Crippen LogP contribution in [0.15, 0.2) is 18.2 Å². The number of hydrogen-bond donors (Lipinski definition) is 0. The number of amides is 2. The Bertz CT molecular complexity index is 743. The average molecular weight is 390 g/mol. The van der Waals surface area contributed by atoms with Gasteiger partial charge in [-0.2, -0.15) is 0 Å². The second-order valence-corrected chi connectivity index (χ2v) is 8.35. The fourth-order valence-electron chi connectivity index (χ4n) is 3.69. The number of benzene rings is 1. The summed E-state index contributed by atoms with van der Waals surface area (Å²) in [6.07, 6.45) is 0.297. The van der Waals surface area contributed by atoms with Gasteiger partial charge in [-0.05, 0) is 58.7 Å². The lowest BCUT2D eigenvalue weighted by molar-refractivity contribution is -0.136. The summed E-state index contributed by atoms with van der Waals surface area (Å²) in [7, 11) is 0. The Balaban J connectivity index is 1.65. The molecule has 1 saturated heterocycles. The summed E-state index contributed by atoms with van der Waals surface area (Å²) >= 11 is 0. The number of fused-ring (bicyclic) bond motifs is 1. The SMILES string of the molecule is CCN(Cc1ccc2c(c1)OCO2)C(=O)[C@@H]1CCN(C(=O)OC(C)(C)C)[C@H]1C. The van der Waals surface area contributed by atoms with E-state index in [0.29, 0.717) is 31.8 Å². The van der Waals surface area contributed by atoms with E-state index in [-0.39, 0.29) is 30.8 Å². The molecule has 7 nitrogen and oxygen atoms in total. The van der Waals surface area contributed by atoms with Gasteiger partial charge >= 0.3 is 6.09 Å². The van der Waals surface area contributed by atoms with Crippen molar-refractivity contribution in [2.45, 2.75) is 59.2 Å². The van der Waals surface area contributed by atoms with Gasteiger partial charge in [-0.25, -0.2) is 4.79 Å². The van der Waals surface area contributed by atoms with Crippen LogP contribution in [0.1, 0.15) is 46.6 Å². The van der Waals surface area contributed by atoms with Crippen LogP contribution >= 0.6 is 0 Å². The molecule has 0 aromatic heterocycles. The molecule has 1 fully saturated rings. The van der Waals surface area contributed by atoms with E-state index in [0.717, 1.165) is 11.3 Å². The van der Waals surface area contributed by atoms with E-state index in [9.17, 15) is 9.59 Å². The zero-order chi connectivity index (χ0) is 20.5. The lowest BCUT2D eigenvalue weighted by Crippen LogP contribution is -2.44. The number of likely N-dealkylation sites (tertiary alicyclic amines) is 1. The molecule has 2 amide bonds. The Morgan fingerprint density at radius 1 is 1.25 bits per heavy atom. The molecule has 7 heteroatoms. The van der Waals surface area contributed by atoms with E-state index in [2.05, 4.69) is 0 Å². The molecule has 0 bridgehead atoms. The van der Waals surface area contributed by atoms with Gasteiger partial charge in [-0.15, -0.1) is 0 Å². The van der Waals surface area contributed by atoms with Crippen molar-refractivity contribution in [2.75, 3.05) is 19.9 Å². The molecule has 2 heterocycles. The third-order valence-electron chi connectivity index (χ3n) is 5.20. The molecule has 1 aromatic rings. The summed E-state index contributed by atoms with van der Waals surface area (Å²) in [6, 6.07) is 5.56. The molecule has 0 N–H and O–H groups in total. The van der Waals surface area contributed by atoms with Crippen LogP contribution in [-0.4, -0.2) is 53.3 Å². The molecule has 154 valence electrons. The van der Waals surface area contributed by atoms with Crippen molar-refractivity contribution in [3.8, 4) is 11.5 Å². The normalized spacial score (nSPS) is 21.0. The first-order valence-electron chi connectivity index (χ1n) is 9.86. The van der Waals surface area contributed by atoms with Gasteiger partial charge in [0.2, 0.25) is 12.7 Å². The van der Waals surface area contributed by atoms with Crippen LogP contribution in [0.4, 0.5) is 4.79 Å². The third-order valence-corrected chi connectivity index (χ3v) is 5.20. The third kappa shape index (κ3) is 4.34. The fourth-order valence-corrected chi connectivity index (χ4v) is 3.69. The molecule has 0 saturated carbocycles. The van der Waals surface area contributed by atoms with Crippen molar-refractivity contribution >= 4 is 12.0 Å². The highest BCUT2D eigenvalue weighted by atomic mass is 16.7. The Hall–Kier alpha value is -2.44. The van der Waals surface area contributed by atoms with E-state index in [1.807, 2.05) is 57.7 Å². The highest BCUT2D eigenvalue weighted by Crippen LogP contribution is 2.33. The summed E-state index contributed by atoms with van der Waals surface area (Å²) in [5.74, 6) is 1.29. The van der Waals surface area contributed by atoms with Crippen LogP contribution in [-0.2, 0) is 16.1 Å². The summed E-state index contributed by atoms with van der Waals surface area (Å²) < 4.78 is 16.3. The molecular weight excluding hydrogens is 360 g/mol. The van der Waals surface area contributed by atoms with Crippen LogP contribution in [0, 0.1) is 5.92 Å². The molecule has 2 aliphatic rings. The number of hydrogen-bond acceptors (Lipinski definition) is 5. The Morgan fingerprint density at radius 2 is 1.96 bits per heavy atom. The Labute approximate surface area is 166 Å². The van der Waals surface area contributed by atoms with E-state index < -0.39 is 5.60 Å². The van der Waals surface area contributed by atoms with Crippen LogP contribution in [0.2, 0.25) is 0 Å². The molecule has 0 radical (unpaired) electrons. The standard InChI is InChI=1S/C21H30N2O5/c1-6-22(12-15-7-8-17-18(11-15)27-13-26-17)19(24)16-9-10-23(14(16)2)20(25)28-21(3,4)5/h7-8,11,14,16H,6,9-10,12-13H2,1-5H3/t14-,16+/m0/s1. The van der Waals surface area contributed by atoms with Crippen molar-refractivity contribution in [2.24, 2.45) is 5.92 Å². The van der Waals surface area contributed by atoms with Gasteiger partial charge in [-0.3, -0.25) is 4.79 Å². The van der Waals surface area contributed by atoms with E-state index in [4.69, 9.17) is 14.2 Å². The van der Waals surface area contributed by atoms with Crippen LogP contribution in [0.5, 0.6) is 11.5 Å². The predicted octanol–water partition coefficient (Wildman–Crippen LogP) is 3.41.